The van der Waals surface area contributed by atoms with Crippen molar-refractivity contribution in [2.75, 3.05) is 10.6 Å². The molecule has 0 atom stereocenters. The van der Waals surface area contributed by atoms with Crippen LogP contribution >= 0.6 is 0 Å². The highest BCUT2D eigenvalue weighted by Crippen LogP contribution is 2.24. The number of hydrogen-bond acceptors (Lipinski definition) is 4. The van der Waals surface area contributed by atoms with Crippen molar-refractivity contribution in [1.29, 1.82) is 0 Å². The molecule has 1 amide bonds. The fraction of sp³-hybridized carbons (Fsp3) is 0. The largest absolute Gasteiger partial charge is 0.340 e. The van der Waals surface area contributed by atoms with Crippen LogP contribution in [0, 0.1) is 0 Å². The summed E-state index contributed by atoms with van der Waals surface area (Å²) in [5.74, 6) is 0.365. The number of anilines is 3. The molecule has 1 aromatic heterocycles. The maximum absolute atomic E-state index is 12.6. The molecule has 26 heavy (non-hydrogen) atoms. The van der Waals surface area contributed by atoms with Crippen LogP contribution in [0.25, 0.3) is 10.9 Å². The third-order valence-electron chi connectivity index (χ3n) is 3.87. The highest BCUT2D eigenvalue weighted by molar-refractivity contribution is 6.04. The molecule has 126 valence electrons. The summed E-state index contributed by atoms with van der Waals surface area (Å²) in [4.78, 5) is 21.5. The normalized spacial score (nSPS) is 10.5. The molecule has 4 rings (SSSR count). The maximum atomic E-state index is 12.6. The summed E-state index contributed by atoms with van der Waals surface area (Å²) in [5.41, 5.74) is 2.30. The second-order valence-corrected chi connectivity index (χ2v) is 5.72. The average Bonchev–Trinajstić information content (AvgIpc) is 2.69. The van der Waals surface area contributed by atoms with Crippen molar-refractivity contribution in [3.05, 3.63) is 90.8 Å². The van der Waals surface area contributed by atoms with Gasteiger partial charge in [-0.05, 0) is 36.4 Å². The van der Waals surface area contributed by atoms with E-state index in [0.29, 0.717) is 17.0 Å². The smallest absolute Gasteiger partial charge is 0.293 e. The first-order chi connectivity index (χ1) is 12.8. The number of rotatable bonds is 4. The molecule has 0 aliphatic heterocycles. The zero-order valence-electron chi connectivity index (χ0n) is 13.9. The van der Waals surface area contributed by atoms with E-state index in [0.717, 1.165) is 11.1 Å². The van der Waals surface area contributed by atoms with Crippen molar-refractivity contribution in [1.82, 2.24) is 9.97 Å². The Balaban J connectivity index is 1.72. The summed E-state index contributed by atoms with van der Waals surface area (Å²) in [6, 6.07) is 26.6. The van der Waals surface area contributed by atoms with E-state index < -0.39 is 0 Å². The molecule has 0 aliphatic carbocycles. The molecular weight excluding hydrogens is 324 g/mol. The van der Waals surface area contributed by atoms with Gasteiger partial charge >= 0.3 is 0 Å². The Labute approximate surface area is 150 Å². The molecule has 5 nitrogen and oxygen atoms in total. The van der Waals surface area contributed by atoms with Gasteiger partial charge in [0.25, 0.3) is 5.91 Å². The minimum absolute atomic E-state index is 0.117. The number of nitrogens with zero attached hydrogens (tertiary/aromatic N) is 2. The number of fused-ring (bicyclic) bond motifs is 1. The van der Waals surface area contributed by atoms with E-state index >= 15 is 0 Å². The van der Waals surface area contributed by atoms with Crippen molar-refractivity contribution in [2.24, 2.45) is 0 Å². The van der Waals surface area contributed by atoms with Crippen molar-refractivity contribution < 1.29 is 4.79 Å². The van der Waals surface area contributed by atoms with Crippen LogP contribution in [0.5, 0.6) is 0 Å². The predicted molar refractivity (Wildman–Crippen MR) is 104 cm³/mol. The lowest BCUT2D eigenvalue weighted by atomic mass is 10.2. The van der Waals surface area contributed by atoms with Gasteiger partial charge in [-0.3, -0.25) is 4.79 Å². The Morgan fingerprint density at radius 3 is 2.04 bits per heavy atom. The molecular formula is C21H16N4O. The first-order valence-corrected chi connectivity index (χ1v) is 8.25. The van der Waals surface area contributed by atoms with Gasteiger partial charge in [0.2, 0.25) is 5.82 Å². The first-order valence-electron chi connectivity index (χ1n) is 8.25. The first kappa shape index (κ1) is 15.8. The lowest BCUT2D eigenvalue weighted by Gasteiger charge is -2.11. The summed E-state index contributed by atoms with van der Waals surface area (Å²) >= 11 is 0. The number of benzene rings is 3. The number of amides is 1. The highest BCUT2D eigenvalue weighted by Gasteiger charge is 2.14. The number of para-hydroxylation sites is 3. The molecule has 1 heterocycles. The van der Waals surface area contributed by atoms with E-state index in [9.17, 15) is 4.79 Å². The molecule has 5 heteroatoms. The maximum Gasteiger partial charge on any atom is 0.293 e. The van der Waals surface area contributed by atoms with E-state index in [-0.39, 0.29) is 11.7 Å². The van der Waals surface area contributed by atoms with Gasteiger partial charge < -0.3 is 10.6 Å². The Bertz CT molecular complexity index is 1050. The van der Waals surface area contributed by atoms with E-state index in [1.54, 1.807) is 0 Å². The van der Waals surface area contributed by atoms with Crippen molar-refractivity contribution in [3.63, 3.8) is 0 Å². The zero-order valence-corrected chi connectivity index (χ0v) is 13.9. The molecule has 4 aromatic rings. The number of carbonyl (C=O) groups is 1. The van der Waals surface area contributed by atoms with Crippen LogP contribution in [-0.2, 0) is 0 Å². The van der Waals surface area contributed by atoms with Gasteiger partial charge in [-0.25, -0.2) is 9.97 Å². The van der Waals surface area contributed by atoms with Gasteiger partial charge in [-0.1, -0.05) is 48.5 Å². The van der Waals surface area contributed by atoms with Crippen LogP contribution in [-0.4, -0.2) is 15.9 Å². The molecule has 0 fully saturated rings. The molecule has 0 unspecified atom stereocenters. The molecule has 0 saturated carbocycles. The minimum atomic E-state index is -0.349. The van der Waals surface area contributed by atoms with Crippen LogP contribution in [0.2, 0.25) is 0 Å². The van der Waals surface area contributed by atoms with E-state index in [2.05, 4.69) is 20.6 Å². The van der Waals surface area contributed by atoms with Gasteiger partial charge in [-0.15, -0.1) is 0 Å². The number of nitrogens with one attached hydrogen (secondary N) is 2. The number of aromatic nitrogens is 2. The second-order valence-electron chi connectivity index (χ2n) is 5.72. The third-order valence-corrected chi connectivity index (χ3v) is 3.87. The standard InChI is InChI=1S/C21H16N4O/c26-21(23-16-11-5-2-6-12-16)20-24-18-14-8-7-13-17(18)19(25-20)22-15-9-3-1-4-10-15/h1-14H,(H,23,26)(H,22,24,25). The monoisotopic (exact) mass is 340 g/mol. The summed E-state index contributed by atoms with van der Waals surface area (Å²) < 4.78 is 0. The fourth-order valence-electron chi connectivity index (χ4n) is 2.64. The van der Waals surface area contributed by atoms with Crippen LogP contribution < -0.4 is 10.6 Å². The molecule has 0 spiro atoms. The Morgan fingerprint density at radius 2 is 1.31 bits per heavy atom. The van der Waals surface area contributed by atoms with E-state index in [4.69, 9.17) is 0 Å². The summed E-state index contributed by atoms with van der Waals surface area (Å²) in [6.45, 7) is 0. The van der Waals surface area contributed by atoms with Crippen LogP contribution in [0.3, 0.4) is 0 Å². The van der Waals surface area contributed by atoms with Crippen LogP contribution in [0.4, 0.5) is 17.2 Å². The molecule has 0 bridgehead atoms. The summed E-state index contributed by atoms with van der Waals surface area (Å²) in [6.07, 6.45) is 0. The van der Waals surface area contributed by atoms with Gasteiger partial charge in [0.15, 0.2) is 0 Å². The molecule has 0 radical (unpaired) electrons. The summed E-state index contributed by atoms with van der Waals surface area (Å²) in [5, 5.41) is 6.95. The molecule has 3 aromatic carbocycles. The Hall–Kier alpha value is -3.73. The second kappa shape index (κ2) is 7.03. The highest BCUT2D eigenvalue weighted by atomic mass is 16.2. The van der Waals surface area contributed by atoms with E-state index in [1.165, 1.54) is 0 Å². The van der Waals surface area contributed by atoms with Gasteiger partial charge in [0.1, 0.15) is 5.82 Å². The van der Waals surface area contributed by atoms with E-state index in [1.807, 2.05) is 84.9 Å². The zero-order chi connectivity index (χ0) is 17.8. The molecule has 0 saturated heterocycles. The lowest BCUT2D eigenvalue weighted by molar-refractivity contribution is 0.101. The van der Waals surface area contributed by atoms with Crippen molar-refractivity contribution in [3.8, 4) is 0 Å². The SMILES string of the molecule is O=C(Nc1ccccc1)c1nc(Nc2ccccc2)c2ccccc2n1. The summed E-state index contributed by atoms with van der Waals surface area (Å²) in [7, 11) is 0. The van der Waals surface area contributed by atoms with Crippen LogP contribution in [0.1, 0.15) is 10.6 Å². The van der Waals surface area contributed by atoms with Gasteiger partial charge in [0.05, 0.1) is 5.52 Å². The van der Waals surface area contributed by atoms with Gasteiger partial charge in [0, 0.05) is 16.8 Å². The fourth-order valence-corrected chi connectivity index (χ4v) is 2.64. The average molecular weight is 340 g/mol. The number of carbonyl (C=O) groups excluding carboxylic acids is 1. The lowest BCUT2D eigenvalue weighted by Crippen LogP contribution is -2.16. The molecule has 0 aliphatic rings. The minimum Gasteiger partial charge on any atom is -0.340 e. The topological polar surface area (TPSA) is 66.9 Å². The molecule has 2 N–H and O–H groups in total. The Morgan fingerprint density at radius 1 is 0.692 bits per heavy atom. The number of hydrogen-bond donors (Lipinski definition) is 2. The van der Waals surface area contributed by atoms with Crippen molar-refractivity contribution in [2.45, 2.75) is 0 Å². The Kier molecular flexibility index (Phi) is 4.26. The van der Waals surface area contributed by atoms with Crippen LogP contribution in [0.15, 0.2) is 84.9 Å². The van der Waals surface area contributed by atoms with Gasteiger partial charge in [-0.2, -0.15) is 0 Å². The quantitative estimate of drug-likeness (QED) is 0.568. The predicted octanol–water partition coefficient (Wildman–Crippen LogP) is 4.63. The van der Waals surface area contributed by atoms with Crippen molar-refractivity contribution >= 4 is 34.0 Å². The third kappa shape index (κ3) is 3.37.